The Morgan fingerprint density at radius 1 is 1.25 bits per heavy atom. The van der Waals surface area contributed by atoms with Gasteiger partial charge in [-0.05, 0) is 43.2 Å². The summed E-state index contributed by atoms with van der Waals surface area (Å²) in [6, 6.07) is 8.47. The van der Waals surface area contributed by atoms with Crippen molar-refractivity contribution in [1.82, 2.24) is 9.29 Å². The first-order valence-corrected chi connectivity index (χ1v) is 10.8. The van der Waals surface area contributed by atoms with Crippen molar-refractivity contribution < 1.29 is 13.2 Å². The van der Waals surface area contributed by atoms with Crippen LogP contribution in [0.3, 0.4) is 0 Å². The molecule has 9 heteroatoms. The van der Waals surface area contributed by atoms with E-state index in [0.29, 0.717) is 36.6 Å². The van der Waals surface area contributed by atoms with E-state index in [1.54, 1.807) is 18.2 Å². The van der Waals surface area contributed by atoms with Crippen molar-refractivity contribution in [2.75, 3.05) is 37.4 Å². The van der Waals surface area contributed by atoms with E-state index in [1.165, 1.54) is 22.8 Å². The molecule has 0 saturated carbocycles. The number of hydrogen-bond donors (Lipinski definition) is 1. The number of sulfonamides is 1. The molecule has 28 heavy (non-hydrogen) atoms. The number of carbonyl (C=O) groups is 1. The van der Waals surface area contributed by atoms with Crippen molar-refractivity contribution in [1.29, 1.82) is 0 Å². The summed E-state index contributed by atoms with van der Waals surface area (Å²) in [6.07, 6.45) is 3.80. The lowest BCUT2D eigenvalue weighted by molar-refractivity contribution is -0.120. The van der Waals surface area contributed by atoms with E-state index < -0.39 is 10.0 Å². The Kier molecular flexibility index (Phi) is 6.22. The fraction of sp³-hybridized carbons (Fsp3) is 0.368. The summed E-state index contributed by atoms with van der Waals surface area (Å²) in [5, 5.41) is 3.48. The largest absolute Gasteiger partial charge is 0.376 e. The van der Waals surface area contributed by atoms with Crippen LogP contribution in [0.5, 0.6) is 0 Å². The minimum atomic E-state index is -3.58. The second kappa shape index (κ2) is 8.46. The number of aromatic nitrogens is 1. The first-order chi connectivity index (χ1) is 13.3. The topological polar surface area (TPSA) is 82.6 Å². The minimum absolute atomic E-state index is 0.121. The summed E-state index contributed by atoms with van der Waals surface area (Å²) in [7, 11) is 0.201. The Morgan fingerprint density at radius 2 is 1.96 bits per heavy atom. The molecule has 1 saturated heterocycles. The molecule has 0 atom stereocenters. The van der Waals surface area contributed by atoms with Crippen LogP contribution in [0, 0.1) is 5.92 Å². The number of amides is 1. The maximum absolute atomic E-state index is 12.7. The van der Waals surface area contributed by atoms with Crippen LogP contribution in [0.2, 0.25) is 5.02 Å². The van der Waals surface area contributed by atoms with Gasteiger partial charge >= 0.3 is 0 Å². The van der Waals surface area contributed by atoms with Crippen LogP contribution in [-0.2, 0) is 14.8 Å². The van der Waals surface area contributed by atoms with Gasteiger partial charge in [-0.1, -0.05) is 11.6 Å². The van der Waals surface area contributed by atoms with E-state index in [-0.39, 0.29) is 16.7 Å². The monoisotopic (exact) mass is 422 g/mol. The molecule has 1 aliphatic rings. The number of anilines is 2. The maximum Gasteiger partial charge on any atom is 0.244 e. The number of nitrogens with zero attached hydrogens (tertiary/aromatic N) is 3. The van der Waals surface area contributed by atoms with Crippen LogP contribution >= 0.6 is 11.6 Å². The van der Waals surface area contributed by atoms with Crippen LogP contribution in [0.15, 0.2) is 47.6 Å². The number of hydrogen-bond acceptors (Lipinski definition) is 5. The van der Waals surface area contributed by atoms with Gasteiger partial charge in [-0.2, -0.15) is 4.31 Å². The zero-order valence-corrected chi connectivity index (χ0v) is 17.4. The minimum Gasteiger partial charge on any atom is -0.376 e. The molecule has 0 spiro atoms. The summed E-state index contributed by atoms with van der Waals surface area (Å²) in [4.78, 5) is 18.7. The fourth-order valence-corrected chi connectivity index (χ4v) is 4.85. The van der Waals surface area contributed by atoms with Crippen molar-refractivity contribution >= 4 is 38.9 Å². The second-order valence-electron chi connectivity index (χ2n) is 6.91. The van der Waals surface area contributed by atoms with Crippen LogP contribution < -0.4 is 10.2 Å². The van der Waals surface area contributed by atoms with Crippen LogP contribution in [0.4, 0.5) is 11.4 Å². The van der Waals surface area contributed by atoms with E-state index >= 15 is 0 Å². The zero-order valence-electron chi connectivity index (χ0n) is 15.8. The lowest BCUT2D eigenvalue weighted by Gasteiger charge is -2.30. The summed E-state index contributed by atoms with van der Waals surface area (Å²) in [5.74, 6) is -0.377. The molecular weight excluding hydrogens is 400 g/mol. The van der Waals surface area contributed by atoms with Crippen molar-refractivity contribution in [2.45, 2.75) is 17.7 Å². The predicted octanol–water partition coefficient (Wildman–Crippen LogP) is 2.84. The molecule has 2 aromatic rings. The second-order valence-corrected chi connectivity index (χ2v) is 9.29. The van der Waals surface area contributed by atoms with Crippen molar-refractivity contribution in [2.24, 2.45) is 5.92 Å². The van der Waals surface area contributed by atoms with Crippen LogP contribution in [0.1, 0.15) is 12.8 Å². The highest BCUT2D eigenvalue weighted by atomic mass is 35.5. The van der Waals surface area contributed by atoms with Gasteiger partial charge < -0.3 is 10.2 Å². The standard InChI is InChI=1S/C19H23ClN4O3S/c1-23(2)18-6-5-15(20)12-17(18)22-19(25)14-7-10-24(11-8-14)28(26,27)16-4-3-9-21-13-16/h3-6,9,12-14H,7-8,10-11H2,1-2H3,(H,22,25). The van der Waals surface area contributed by atoms with Crippen molar-refractivity contribution in [3.63, 3.8) is 0 Å². The van der Waals surface area contributed by atoms with E-state index in [9.17, 15) is 13.2 Å². The molecule has 0 unspecified atom stereocenters. The third kappa shape index (κ3) is 4.45. The van der Waals surface area contributed by atoms with Gasteiger partial charge in [-0.25, -0.2) is 8.42 Å². The van der Waals surface area contributed by atoms with Gasteiger partial charge in [0.25, 0.3) is 0 Å². The molecule has 7 nitrogen and oxygen atoms in total. The molecule has 0 radical (unpaired) electrons. The molecule has 1 aromatic heterocycles. The third-order valence-electron chi connectivity index (χ3n) is 4.80. The average molecular weight is 423 g/mol. The van der Waals surface area contributed by atoms with Gasteiger partial charge in [-0.15, -0.1) is 0 Å². The van der Waals surface area contributed by atoms with Gasteiger partial charge in [0, 0.05) is 50.5 Å². The summed E-state index contributed by atoms with van der Waals surface area (Å²) >= 11 is 6.07. The zero-order chi connectivity index (χ0) is 20.3. The molecule has 1 fully saturated rings. The van der Waals surface area contributed by atoms with Gasteiger partial charge in [0.05, 0.1) is 11.4 Å². The highest BCUT2D eigenvalue weighted by molar-refractivity contribution is 7.89. The first kappa shape index (κ1) is 20.6. The lowest BCUT2D eigenvalue weighted by Crippen LogP contribution is -2.41. The predicted molar refractivity (Wildman–Crippen MR) is 110 cm³/mol. The number of halogens is 1. The number of piperidine rings is 1. The number of nitrogens with one attached hydrogen (secondary N) is 1. The Balaban J connectivity index is 1.66. The summed E-state index contributed by atoms with van der Waals surface area (Å²) in [5.41, 5.74) is 1.50. The Morgan fingerprint density at radius 3 is 2.57 bits per heavy atom. The summed E-state index contributed by atoms with van der Waals surface area (Å²) in [6.45, 7) is 0.594. The molecule has 1 aliphatic heterocycles. The number of rotatable bonds is 5. The highest BCUT2D eigenvalue weighted by Gasteiger charge is 2.32. The normalized spacial score (nSPS) is 16.0. The van der Waals surface area contributed by atoms with Gasteiger partial charge in [0.2, 0.25) is 15.9 Å². The van der Waals surface area contributed by atoms with E-state index in [2.05, 4.69) is 10.3 Å². The average Bonchev–Trinajstić information content (AvgIpc) is 2.68. The number of pyridine rings is 1. The SMILES string of the molecule is CN(C)c1ccc(Cl)cc1NC(=O)C1CCN(S(=O)(=O)c2cccnc2)CC1. The van der Waals surface area contributed by atoms with Gasteiger partial charge in [-0.3, -0.25) is 9.78 Å². The molecule has 1 N–H and O–H groups in total. The molecular formula is C19H23ClN4O3S. The van der Waals surface area contributed by atoms with E-state index in [0.717, 1.165) is 5.69 Å². The first-order valence-electron chi connectivity index (χ1n) is 8.97. The van der Waals surface area contributed by atoms with Gasteiger partial charge in [0.1, 0.15) is 4.90 Å². The van der Waals surface area contributed by atoms with Crippen molar-refractivity contribution in [3.05, 3.63) is 47.7 Å². The number of carbonyl (C=O) groups excluding carboxylic acids is 1. The quantitative estimate of drug-likeness (QED) is 0.801. The molecule has 0 bridgehead atoms. The Bertz CT molecular complexity index is 943. The summed E-state index contributed by atoms with van der Waals surface area (Å²) < 4.78 is 26.8. The molecule has 1 aromatic carbocycles. The fourth-order valence-electron chi connectivity index (χ4n) is 3.24. The smallest absolute Gasteiger partial charge is 0.244 e. The number of benzene rings is 1. The maximum atomic E-state index is 12.7. The molecule has 150 valence electrons. The molecule has 1 amide bonds. The van der Waals surface area contributed by atoms with Gasteiger partial charge in [0.15, 0.2) is 0 Å². The lowest BCUT2D eigenvalue weighted by atomic mass is 9.97. The molecule has 2 heterocycles. The highest BCUT2D eigenvalue weighted by Crippen LogP contribution is 2.30. The van der Waals surface area contributed by atoms with Crippen molar-refractivity contribution in [3.8, 4) is 0 Å². The van der Waals surface area contributed by atoms with E-state index in [4.69, 9.17) is 11.6 Å². The van der Waals surface area contributed by atoms with Crippen LogP contribution in [0.25, 0.3) is 0 Å². The van der Waals surface area contributed by atoms with Crippen LogP contribution in [-0.4, -0.2) is 50.8 Å². The molecule has 0 aliphatic carbocycles. The Hall–Kier alpha value is -2.16. The molecule has 3 rings (SSSR count). The van der Waals surface area contributed by atoms with E-state index in [1.807, 2.05) is 25.1 Å². The third-order valence-corrected chi connectivity index (χ3v) is 6.91. The Labute approximate surface area is 170 Å².